The van der Waals surface area contributed by atoms with Crippen LogP contribution < -0.4 is 10.6 Å². The molecule has 0 radical (unpaired) electrons. The number of nitrogens with zero attached hydrogens (tertiary/aromatic N) is 2. The highest BCUT2D eigenvalue weighted by Gasteiger charge is 2.03. The largest absolute Gasteiger partial charge is 0.380 e. The Morgan fingerprint density at radius 1 is 1.31 bits per heavy atom. The number of hydrogen-bond acceptors (Lipinski definition) is 5. The number of anilines is 2. The normalized spacial score (nSPS) is 12.2. The topological polar surface area (TPSA) is 59.1 Å². The van der Waals surface area contributed by atoms with Crippen molar-refractivity contribution < 1.29 is 4.74 Å². The highest BCUT2D eigenvalue weighted by atomic mass is 16.5. The van der Waals surface area contributed by atoms with Gasteiger partial charge in [0.05, 0.1) is 19.0 Å². The molecule has 1 aromatic heterocycles. The molecule has 5 nitrogen and oxygen atoms in total. The molecule has 1 rings (SSSR count). The molecular weight excluding hydrogens is 204 g/mol. The first-order chi connectivity index (χ1) is 7.76. The monoisotopic (exact) mass is 224 g/mol. The molecule has 1 atom stereocenters. The van der Waals surface area contributed by atoms with E-state index in [2.05, 4.69) is 27.5 Å². The fourth-order valence-electron chi connectivity index (χ4n) is 1.29. The summed E-state index contributed by atoms with van der Waals surface area (Å²) in [5.41, 5.74) is 0. The molecule has 16 heavy (non-hydrogen) atoms. The van der Waals surface area contributed by atoms with Gasteiger partial charge in [0.15, 0.2) is 0 Å². The summed E-state index contributed by atoms with van der Waals surface area (Å²) in [5, 5.41) is 6.36. The van der Waals surface area contributed by atoms with Crippen molar-refractivity contribution in [1.82, 2.24) is 9.97 Å². The maximum Gasteiger partial charge on any atom is 0.147 e. The van der Waals surface area contributed by atoms with Crippen LogP contribution in [-0.4, -0.2) is 35.8 Å². The molecule has 0 amide bonds. The number of rotatable bonds is 7. The standard InChI is InChI=1S/C11H20N4O/c1-4-13-10-6-12-7-11(15-10)14-9(3)8-16-5-2/h6-7,9H,4-5,8H2,1-3H3,(H2,13,14,15). The van der Waals surface area contributed by atoms with Gasteiger partial charge < -0.3 is 15.4 Å². The number of aromatic nitrogens is 2. The first kappa shape index (κ1) is 12.7. The van der Waals surface area contributed by atoms with Crippen molar-refractivity contribution in [2.45, 2.75) is 26.8 Å². The Balaban J connectivity index is 2.49. The fraction of sp³-hybridized carbons (Fsp3) is 0.636. The van der Waals surface area contributed by atoms with E-state index in [1.165, 1.54) is 0 Å². The fourth-order valence-corrected chi connectivity index (χ4v) is 1.29. The van der Waals surface area contributed by atoms with Gasteiger partial charge in [0.1, 0.15) is 11.6 Å². The molecule has 0 saturated heterocycles. The molecule has 0 bridgehead atoms. The second-order valence-electron chi connectivity index (χ2n) is 3.52. The SMILES string of the molecule is CCNc1cncc(NC(C)COCC)n1. The van der Waals surface area contributed by atoms with Crippen molar-refractivity contribution >= 4 is 11.6 Å². The van der Waals surface area contributed by atoms with Crippen LogP contribution in [0.1, 0.15) is 20.8 Å². The third-order valence-corrected chi connectivity index (χ3v) is 1.96. The van der Waals surface area contributed by atoms with E-state index in [-0.39, 0.29) is 6.04 Å². The van der Waals surface area contributed by atoms with Gasteiger partial charge in [-0.2, -0.15) is 0 Å². The van der Waals surface area contributed by atoms with Crippen LogP contribution in [0.3, 0.4) is 0 Å². The predicted molar refractivity (Wildman–Crippen MR) is 65.8 cm³/mol. The summed E-state index contributed by atoms with van der Waals surface area (Å²) in [4.78, 5) is 8.48. The maximum absolute atomic E-state index is 5.32. The van der Waals surface area contributed by atoms with Gasteiger partial charge >= 0.3 is 0 Å². The molecule has 0 aliphatic carbocycles. The van der Waals surface area contributed by atoms with Crippen LogP contribution in [0.4, 0.5) is 11.6 Å². The molecule has 0 aliphatic heterocycles. The van der Waals surface area contributed by atoms with Crippen LogP contribution in [0.5, 0.6) is 0 Å². The van der Waals surface area contributed by atoms with E-state index in [0.29, 0.717) is 6.61 Å². The Morgan fingerprint density at radius 2 is 2.06 bits per heavy atom. The Bertz CT molecular complexity index is 306. The lowest BCUT2D eigenvalue weighted by Crippen LogP contribution is -2.22. The second-order valence-corrected chi connectivity index (χ2v) is 3.52. The van der Waals surface area contributed by atoms with Crippen molar-refractivity contribution in [2.75, 3.05) is 30.4 Å². The molecule has 0 spiro atoms. The van der Waals surface area contributed by atoms with Crippen LogP contribution in [0.25, 0.3) is 0 Å². The number of ether oxygens (including phenoxy) is 1. The maximum atomic E-state index is 5.32. The molecule has 0 aliphatic rings. The summed E-state index contributed by atoms with van der Waals surface area (Å²) in [5.74, 6) is 1.56. The lowest BCUT2D eigenvalue weighted by Gasteiger charge is -2.14. The van der Waals surface area contributed by atoms with Crippen molar-refractivity contribution in [3.05, 3.63) is 12.4 Å². The average Bonchev–Trinajstić information content (AvgIpc) is 2.27. The van der Waals surface area contributed by atoms with E-state index >= 15 is 0 Å². The van der Waals surface area contributed by atoms with Crippen LogP contribution in [0.15, 0.2) is 12.4 Å². The molecular formula is C11H20N4O. The minimum Gasteiger partial charge on any atom is -0.380 e. The van der Waals surface area contributed by atoms with Crippen LogP contribution >= 0.6 is 0 Å². The second kappa shape index (κ2) is 7.00. The van der Waals surface area contributed by atoms with E-state index in [9.17, 15) is 0 Å². The zero-order chi connectivity index (χ0) is 11.8. The highest BCUT2D eigenvalue weighted by Crippen LogP contribution is 2.07. The van der Waals surface area contributed by atoms with Gasteiger partial charge in [-0.15, -0.1) is 0 Å². The average molecular weight is 224 g/mol. The van der Waals surface area contributed by atoms with Crippen molar-refractivity contribution in [3.63, 3.8) is 0 Å². The van der Waals surface area contributed by atoms with E-state index < -0.39 is 0 Å². The van der Waals surface area contributed by atoms with E-state index in [0.717, 1.165) is 24.8 Å². The lowest BCUT2D eigenvalue weighted by atomic mass is 10.3. The van der Waals surface area contributed by atoms with E-state index in [4.69, 9.17) is 4.74 Å². The summed E-state index contributed by atoms with van der Waals surface area (Å²) >= 11 is 0. The third kappa shape index (κ3) is 4.44. The van der Waals surface area contributed by atoms with Gasteiger partial charge in [0, 0.05) is 19.2 Å². The van der Waals surface area contributed by atoms with Crippen LogP contribution in [0, 0.1) is 0 Å². The quantitative estimate of drug-likeness (QED) is 0.739. The first-order valence-electron chi connectivity index (χ1n) is 5.66. The van der Waals surface area contributed by atoms with E-state index in [1.54, 1.807) is 12.4 Å². The first-order valence-corrected chi connectivity index (χ1v) is 5.66. The lowest BCUT2D eigenvalue weighted by molar-refractivity contribution is 0.141. The van der Waals surface area contributed by atoms with Gasteiger partial charge in [-0.3, -0.25) is 4.98 Å². The van der Waals surface area contributed by atoms with Gasteiger partial charge in [0.2, 0.25) is 0 Å². The highest BCUT2D eigenvalue weighted by molar-refractivity contribution is 5.41. The summed E-state index contributed by atoms with van der Waals surface area (Å²) < 4.78 is 5.32. The molecule has 1 aromatic rings. The zero-order valence-electron chi connectivity index (χ0n) is 10.2. The molecule has 1 heterocycles. The van der Waals surface area contributed by atoms with Crippen molar-refractivity contribution in [2.24, 2.45) is 0 Å². The predicted octanol–water partition coefficient (Wildman–Crippen LogP) is 1.75. The van der Waals surface area contributed by atoms with Crippen molar-refractivity contribution in [1.29, 1.82) is 0 Å². The van der Waals surface area contributed by atoms with Crippen LogP contribution in [0.2, 0.25) is 0 Å². The van der Waals surface area contributed by atoms with Gasteiger partial charge in [0.25, 0.3) is 0 Å². The number of hydrogen-bond donors (Lipinski definition) is 2. The summed E-state index contributed by atoms with van der Waals surface area (Å²) in [6, 6.07) is 0.228. The molecule has 0 fully saturated rings. The van der Waals surface area contributed by atoms with E-state index in [1.807, 2.05) is 13.8 Å². The Labute approximate surface area is 96.6 Å². The van der Waals surface area contributed by atoms with Gasteiger partial charge in [-0.05, 0) is 20.8 Å². The molecule has 2 N–H and O–H groups in total. The number of nitrogens with one attached hydrogen (secondary N) is 2. The summed E-state index contributed by atoms with van der Waals surface area (Å²) in [6.45, 7) is 8.31. The summed E-state index contributed by atoms with van der Waals surface area (Å²) in [6.07, 6.45) is 3.42. The molecule has 0 saturated carbocycles. The molecule has 0 aromatic carbocycles. The zero-order valence-corrected chi connectivity index (χ0v) is 10.2. The Hall–Kier alpha value is -1.36. The van der Waals surface area contributed by atoms with Crippen molar-refractivity contribution in [3.8, 4) is 0 Å². The summed E-state index contributed by atoms with van der Waals surface area (Å²) in [7, 11) is 0. The molecule has 5 heteroatoms. The Morgan fingerprint density at radius 3 is 2.75 bits per heavy atom. The third-order valence-electron chi connectivity index (χ3n) is 1.96. The van der Waals surface area contributed by atoms with Gasteiger partial charge in [-0.1, -0.05) is 0 Å². The smallest absolute Gasteiger partial charge is 0.147 e. The Kier molecular flexibility index (Phi) is 5.56. The van der Waals surface area contributed by atoms with Crippen LogP contribution in [-0.2, 0) is 4.74 Å². The molecule has 90 valence electrons. The minimum atomic E-state index is 0.228. The minimum absolute atomic E-state index is 0.228. The van der Waals surface area contributed by atoms with Gasteiger partial charge in [-0.25, -0.2) is 4.98 Å². The molecule has 1 unspecified atom stereocenters.